The largest absolute Gasteiger partial charge is 0.423 e. The van der Waals surface area contributed by atoms with Gasteiger partial charge in [0, 0.05) is 5.02 Å². The molecular weight excluding hydrogens is 248 g/mol. The van der Waals surface area contributed by atoms with Gasteiger partial charge in [-0.05, 0) is 49.2 Å². The monoisotopic (exact) mass is 260 g/mol. The van der Waals surface area contributed by atoms with Crippen LogP contribution < -0.4 is 4.74 Å². The summed E-state index contributed by atoms with van der Waals surface area (Å²) in [4.78, 5) is 11.9. The number of rotatable bonds is 2. The van der Waals surface area contributed by atoms with Crippen molar-refractivity contribution in [3.63, 3.8) is 0 Å². The Morgan fingerprint density at radius 1 is 1.11 bits per heavy atom. The van der Waals surface area contributed by atoms with E-state index < -0.39 is 5.97 Å². The first-order valence-corrected chi connectivity index (χ1v) is 5.99. The molecule has 3 heteroatoms. The zero-order valence-corrected chi connectivity index (χ0v) is 11.0. The van der Waals surface area contributed by atoms with Crippen LogP contribution in [0.2, 0.25) is 5.02 Å². The highest BCUT2D eigenvalue weighted by Gasteiger charge is 2.11. The molecule has 0 aromatic heterocycles. The molecule has 2 aromatic rings. The Hall–Kier alpha value is -1.80. The van der Waals surface area contributed by atoms with Gasteiger partial charge in [-0.2, -0.15) is 0 Å². The number of hydrogen-bond acceptors (Lipinski definition) is 2. The van der Waals surface area contributed by atoms with Gasteiger partial charge in [-0.1, -0.05) is 29.8 Å². The number of carbonyl (C=O) groups is 1. The molecule has 0 N–H and O–H groups in total. The minimum Gasteiger partial charge on any atom is -0.423 e. The first kappa shape index (κ1) is 12.7. The van der Waals surface area contributed by atoms with E-state index in [1.165, 1.54) is 0 Å². The van der Waals surface area contributed by atoms with E-state index in [1.54, 1.807) is 30.3 Å². The fraction of sp³-hybridized carbons (Fsp3) is 0.133. The Kier molecular flexibility index (Phi) is 3.68. The minimum atomic E-state index is -0.397. The van der Waals surface area contributed by atoms with E-state index in [2.05, 4.69) is 0 Å². The maximum Gasteiger partial charge on any atom is 0.343 e. The summed E-state index contributed by atoms with van der Waals surface area (Å²) in [5, 5.41) is 0.519. The second-order valence-electron chi connectivity index (χ2n) is 4.10. The Labute approximate surface area is 111 Å². The molecule has 0 aliphatic heterocycles. The van der Waals surface area contributed by atoms with Crippen molar-refractivity contribution in [2.45, 2.75) is 13.8 Å². The first-order valence-electron chi connectivity index (χ1n) is 5.62. The lowest BCUT2D eigenvalue weighted by molar-refractivity contribution is 0.0733. The fourth-order valence-electron chi connectivity index (χ4n) is 1.61. The van der Waals surface area contributed by atoms with Crippen molar-refractivity contribution < 1.29 is 9.53 Å². The van der Waals surface area contributed by atoms with E-state index in [-0.39, 0.29) is 0 Å². The minimum absolute atomic E-state index is 0.397. The van der Waals surface area contributed by atoms with Crippen LogP contribution in [0.5, 0.6) is 5.75 Å². The molecule has 2 aromatic carbocycles. The molecule has 92 valence electrons. The molecule has 0 bridgehead atoms. The summed E-state index contributed by atoms with van der Waals surface area (Å²) in [5.74, 6) is 0.186. The topological polar surface area (TPSA) is 26.3 Å². The first-order chi connectivity index (χ1) is 8.58. The van der Waals surface area contributed by atoms with E-state index >= 15 is 0 Å². The normalized spacial score (nSPS) is 10.2. The molecule has 2 nitrogen and oxygen atoms in total. The van der Waals surface area contributed by atoms with Crippen molar-refractivity contribution in [1.29, 1.82) is 0 Å². The van der Waals surface area contributed by atoms with Gasteiger partial charge in [0.25, 0.3) is 0 Å². The predicted octanol–water partition coefficient (Wildman–Crippen LogP) is 4.18. The molecule has 0 fully saturated rings. The van der Waals surface area contributed by atoms with Gasteiger partial charge in [0.15, 0.2) is 0 Å². The standard InChI is InChI=1S/C15H13ClO2/c1-10-5-3-8-14(11(10)2)18-15(17)12-6-4-7-13(16)9-12/h3-9H,1-2H3. The molecule has 2 rings (SSSR count). The number of carbonyl (C=O) groups excluding carboxylic acids is 1. The third-order valence-corrected chi connectivity index (χ3v) is 3.05. The van der Waals surface area contributed by atoms with Crippen molar-refractivity contribution in [3.8, 4) is 5.75 Å². The molecule has 0 radical (unpaired) electrons. The van der Waals surface area contributed by atoms with Gasteiger partial charge >= 0.3 is 5.97 Å². The number of ether oxygens (including phenoxy) is 1. The van der Waals surface area contributed by atoms with Crippen LogP contribution >= 0.6 is 11.6 Å². The molecule has 0 saturated carbocycles. The van der Waals surface area contributed by atoms with Gasteiger partial charge in [-0.15, -0.1) is 0 Å². The molecular formula is C15H13ClO2. The predicted molar refractivity (Wildman–Crippen MR) is 72.3 cm³/mol. The van der Waals surface area contributed by atoms with Crippen molar-refractivity contribution in [2.24, 2.45) is 0 Å². The number of hydrogen-bond donors (Lipinski definition) is 0. The van der Waals surface area contributed by atoms with Crippen LogP contribution in [0, 0.1) is 13.8 Å². The van der Waals surface area contributed by atoms with E-state index in [0.717, 1.165) is 11.1 Å². The molecule has 0 amide bonds. The van der Waals surface area contributed by atoms with Gasteiger partial charge in [0.1, 0.15) is 5.75 Å². The Balaban J connectivity index is 2.24. The Morgan fingerprint density at radius 3 is 2.56 bits per heavy atom. The average molecular weight is 261 g/mol. The highest BCUT2D eigenvalue weighted by molar-refractivity contribution is 6.30. The summed E-state index contributed by atoms with van der Waals surface area (Å²) >= 11 is 5.84. The number of esters is 1. The second kappa shape index (κ2) is 5.23. The zero-order chi connectivity index (χ0) is 13.1. The summed E-state index contributed by atoms with van der Waals surface area (Å²) < 4.78 is 5.37. The van der Waals surface area contributed by atoms with Crippen molar-refractivity contribution in [1.82, 2.24) is 0 Å². The highest BCUT2D eigenvalue weighted by atomic mass is 35.5. The third-order valence-electron chi connectivity index (χ3n) is 2.82. The molecule has 0 atom stereocenters. The smallest absolute Gasteiger partial charge is 0.343 e. The molecule has 0 unspecified atom stereocenters. The van der Waals surface area contributed by atoms with Crippen molar-refractivity contribution in [2.75, 3.05) is 0 Å². The molecule has 0 heterocycles. The molecule has 0 aliphatic rings. The molecule has 0 saturated heterocycles. The van der Waals surface area contributed by atoms with E-state index in [4.69, 9.17) is 16.3 Å². The van der Waals surface area contributed by atoms with Gasteiger partial charge in [0.05, 0.1) is 5.56 Å². The van der Waals surface area contributed by atoms with Crippen molar-refractivity contribution >= 4 is 17.6 Å². The van der Waals surface area contributed by atoms with Gasteiger partial charge in [-0.25, -0.2) is 4.79 Å². The van der Waals surface area contributed by atoms with E-state index in [1.807, 2.05) is 26.0 Å². The van der Waals surface area contributed by atoms with Crippen LogP contribution in [0.1, 0.15) is 21.5 Å². The number of aryl methyl sites for hydroxylation is 1. The zero-order valence-electron chi connectivity index (χ0n) is 10.2. The van der Waals surface area contributed by atoms with Crippen LogP contribution in [-0.4, -0.2) is 5.97 Å². The van der Waals surface area contributed by atoms with Gasteiger partial charge < -0.3 is 4.74 Å². The van der Waals surface area contributed by atoms with Crippen LogP contribution in [-0.2, 0) is 0 Å². The summed E-state index contributed by atoms with van der Waals surface area (Å²) in [5.41, 5.74) is 2.50. The highest BCUT2D eigenvalue weighted by Crippen LogP contribution is 2.22. The summed E-state index contributed by atoms with van der Waals surface area (Å²) in [6.45, 7) is 3.90. The maximum absolute atomic E-state index is 11.9. The van der Waals surface area contributed by atoms with E-state index in [9.17, 15) is 4.79 Å². The maximum atomic E-state index is 11.9. The van der Waals surface area contributed by atoms with Crippen LogP contribution in [0.3, 0.4) is 0 Å². The van der Waals surface area contributed by atoms with Crippen LogP contribution in [0.4, 0.5) is 0 Å². The van der Waals surface area contributed by atoms with Gasteiger partial charge in [0.2, 0.25) is 0 Å². The third kappa shape index (κ3) is 2.71. The molecule has 0 spiro atoms. The quantitative estimate of drug-likeness (QED) is 0.598. The molecule has 0 aliphatic carbocycles. The van der Waals surface area contributed by atoms with E-state index in [0.29, 0.717) is 16.3 Å². The number of halogens is 1. The van der Waals surface area contributed by atoms with Gasteiger partial charge in [-0.3, -0.25) is 0 Å². The van der Waals surface area contributed by atoms with Crippen LogP contribution in [0.25, 0.3) is 0 Å². The summed E-state index contributed by atoms with van der Waals surface area (Å²) in [6.07, 6.45) is 0. The SMILES string of the molecule is Cc1cccc(OC(=O)c2cccc(Cl)c2)c1C. The van der Waals surface area contributed by atoms with Crippen LogP contribution in [0.15, 0.2) is 42.5 Å². The Bertz CT molecular complexity index is 591. The second-order valence-corrected chi connectivity index (χ2v) is 4.53. The lowest BCUT2D eigenvalue weighted by Gasteiger charge is -2.09. The molecule has 18 heavy (non-hydrogen) atoms. The number of benzene rings is 2. The average Bonchev–Trinajstić information content (AvgIpc) is 2.35. The summed E-state index contributed by atoms with van der Waals surface area (Å²) in [7, 11) is 0. The lowest BCUT2D eigenvalue weighted by atomic mass is 10.1. The lowest BCUT2D eigenvalue weighted by Crippen LogP contribution is -2.09. The van der Waals surface area contributed by atoms with Crippen molar-refractivity contribution in [3.05, 3.63) is 64.2 Å². The fourth-order valence-corrected chi connectivity index (χ4v) is 1.80. The summed E-state index contributed by atoms with van der Waals surface area (Å²) in [6, 6.07) is 12.3. The Morgan fingerprint density at radius 2 is 1.83 bits per heavy atom.